The van der Waals surface area contributed by atoms with Crippen molar-refractivity contribution in [3.8, 4) is 12.3 Å². The quantitative estimate of drug-likeness (QED) is 0.542. The van der Waals surface area contributed by atoms with E-state index in [-0.39, 0.29) is 5.91 Å². The van der Waals surface area contributed by atoms with Crippen LogP contribution in [0.3, 0.4) is 0 Å². The molecule has 0 atom stereocenters. The number of amides is 1. The molecular weight excluding hydrogens is 142 g/mol. The van der Waals surface area contributed by atoms with Gasteiger partial charge < -0.3 is 0 Å². The Balaban J connectivity index is 2.24. The van der Waals surface area contributed by atoms with Crippen LogP contribution in [0.4, 0.5) is 0 Å². The lowest BCUT2D eigenvalue weighted by Gasteiger charge is -2.11. The van der Waals surface area contributed by atoms with Crippen molar-refractivity contribution < 1.29 is 9.63 Å². The van der Waals surface area contributed by atoms with Gasteiger partial charge in [-0.1, -0.05) is 0 Å². The maximum Gasteiger partial charge on any atom is 0.247 e. The van der Waals surface area contributed by atoms with E-state index in [1.54, 1.807) is 0 Å². The van der Waals surface area contributed by atoms with E-state index in [2.05, 4.69) is 5.92 Å². The molecule has 3 nitrogen and oxygen atoms in total. The first-order valence-corrected chi connectivity index (χ1v) is 3.71. The summed E-state index contributed by atoms with van der Waals surface area (Å²) in [6.07, 6.45) is 6.84. The molecule has 1 aliphatic rings. The second-order valence-electron chi connectivity index (χ2n) is 2.39. The Kier molecular flexibility index (Phi) is 2.94. The van der Waals surface area contributed by atoms with E-state index < -0.39 is 0 Å². The summed E-state index contributed by atoms with van der Waals surface area (Å²) >= 11 is 0. The van der Waals surface area contributed by atoms with E-state index in [9.17, 15) is 4.79 Å². The van der Waals surface area contributed by atoms with Crippen LogP contribution < -0.4 is 0 Å². The van der Waals surface area contributed by atoms with Crippen molar-refractivity contribution in [1.82, 2.24) is 5.06 Å². The van der Waals surface area contributed by atoms with Gasteiger partial charge in [-0.05, 0) is 6.42 Å². The lowest BCUT2D eigenvalue weighted by molar-refractivity contribution is -0.168. The van der Waals surface area contributed by atoms with E-state index in [1.165, 1.54) is 5.06 Å². The van der Waals surface area contributed by atoms with Crippen LogP contribution in [0, 0.1) is 12.3 Å². The average molecular weight is 153 g/mol. The maximum atomic E-state index is 11.1. The molecule has 0 aliphatic carbocycles. The van der Waals surface area contributed by atoms with Crippen LogP contribution in [0.1, 0.15) is 19.3 Å². The van der Waals surface area contributed by atoms with Crippen LogP contribution in [-0.4, -0.2) is 24.1 Å². The van der Waals surface area contributed by atoms with Crippen LogP contribution in [0.5, 0.6) is 0 Å². The summed E-state index contributed by atoms with van der Waals surface area (Å²) in [6, 6.07) is 0. The molecule has 1 rings (SSSR count). The minimum absolute atomic E-state index is 0.000417. The van der Waals surface area contributed by atoms with Crippen molar-refractivity contribution in [3.63, 3.8) is 0 Å². The first-order valence-electron chi connectivity index (χ1n) is 3.71. The van der Waals surface area contributed by atoms with E-state index >= 15 is 0 Å². The van der Waals surface area contributed by atoms with Crippen LogP contribution in [0.15, 0.2) is 0 Å². The molecule has 1 fully saturated rings. The molecule has 60 valence electrons. The zero-order valence-electron chi connectivity index (χ0n) is 6.38. The number of nitrogens with zero attached hydrogens (tertiary/aromatic N) is 1. The van der Waals surface area contributed by atoms with Gasteiger partial charge in [0.05, 0.1) is 13.2 Å². The summed E-state index contributed by atoms with van der Waals surface area (Å²) in [4.78, 5) is 16.1. The Morgan fingerprint density at radius 2 is 2.55 bits per heavy atom. The fraction of sp³-hybridized carbons (Fsp3) is 0.625. The highest BCUT2D eigenvalue weighted by Gasteiger charge is 2.17. The molecule has 0 N–H and O–H groups in total. The summed E-state index contributed by atoms with van der Waals surface area (Å²) in [5.74, 6) is 2.42. The second-order valence-corrected chi connectivity index (χ2v) is 2.39. The van der Waals surface area contributed by atoms with Gasteiger partial charge in [-0.15, -0.1) is 12.3 Å². The molecule has 0 saturated carbocycles. The Bertz CT molecular complexity index is 177. The number of hydrogen-bond donors (Lipinski definition) is 0. The molecule has 1 aliphatic heterocycles. The largest absolute Gasteiger partial charge is 0.273 e. The Hall–Kier alpha value is -1.01. The van der Waals surface area contributed by atoms with Crippen LogP contribution in [0.2, 0.25) is 0 Å². The van der Waals surface area contributed by atoms with Gasteiger partial charge in [0.25, 0.3) is 0 Å². The molecule has 3 heteroatoms. The third-order valence-electron chi connectivity index (χ3n) is 1.51. The number of carbonyl (C=O) groups is 1. The van der Waals surface area contributed by atoms with Gasteiger partial charge in [-0.25, -0.2) is 5.06 Å². The smallest absolute Gasteiger partial charge is 0.247 e. The minimum Gasteiger partial charge on any atom is -0.273 e. The molecule has 11 heavy (non-hydrogen) atoms. The highest BCUT2D eigenvalue weighted by Crippen LogP contribution is 2.06. The molecule has 0 aromatic heterocycles. The summed E-state index contributed by atoms with van der Waals surface area (Å²) in [6.45, 7) is 1.37. The summed E-state index contributed by atoms with van der Waals surface area (Å²) in [5, 5.41) is 1.40. The van der Waals surface area contributed by atoms with E-state index in [1.807, 2.05) is 0 Å². The van der Waals surface area contributed by atoms with Crippen LogP contribution in [-0.2, 0) is 9.63 Å². The standard InChI is InChI=1S/C8H11NO2/c1-2-3-5-8(10)9-6-4-7-11-9/h1H,3-7H2. The van der Waals surface area contributed by atoms with Crippen molar-refractivity contribution in [2.45, 2.75) is 19.3 Å². The van der Waals surface area contributed by atoms with Crippen molar-refractivity contribution in [3.05, 3.63) is 0 Å². The van der Waals surface area contributed by atoms with Crippen LogP contribution in [0.25, 0.3) is 0 Å². The fourth-order valence-electron chi connectivity index (χ4n) is 0.948. The molecular formula is C8H11NO2. The SMILES string of the molecule is C#CCCC(=O)N1CCCO1. The highest BCUT2D eigenvalue weighted by atomic mass is 16.7. The average Bonchev–Trinajstić information content (AvgIpc) is 2.52. The Morgan fingerprint density at radius 3 is 3.09 bits per heavy atom. The second kappa shape index (κ2) is 3.99. The van der Waals surface area contributed by atoms with E-state index in [0.29, 0.717) is 26.0 Å². The number of terminal acetylenes is 1. The highest BCUT2D eigenvalue weighted by molar-refractivity contribution is 5.75. The fourth-order valence-corrected chi connectivity index (χ4v) is 0.948. The van der Waals surface area contributed by atoms with Crippen LogP contribution >= 0.6 is 0 Å². The molecule has 0 bridgehead atoms. The van der Waals surface area contributed by atoms with Crippen molar-refractivity contribution >= 4 is 5.91 Å². The van der Waals surface area contributed by atoms with Gasteiger partial charge in [0.1, 0.15) is 0 Å². The molecule has 1 heterocycles. The van der Waals surface area contributed by atoms with E-state index in [4.69, 9.17) is 11.3 Å². The summed E-state index contributed by atoms with van der Waals surface area (Å²) < 4.78 is 0. The zero-order valence-corrected chi connectivity index (χ0v) is 6.38. The first kappa shape index (κ1) is 8.09. The predicted octanol–water partition coefficient (Wildman–Crippen LogP) is 0.564. The lowest BCUT2D eigenvalue weighted by atomic mass is 10.3. The summed E-state index contributed by atoms with van der Waals surface area (Å²) in [7, 11) is 0. The van der Waals surface area contributed by atoms with Gasteiger partial charge in [-0.3, -0.25) is 9.63 Å². The van der Waals surface area contributed by atoms with Gasteiger partial charge in [0.2, 0.25) is 5.91 Å². The topological polar surface area (TPSA) is 29.5 Å². The number of carbonyl (C=O) groups excluding carboxylic acids is 1. The Morgan fingerprint density at radius 1 is 1.73 bits per heavy atom. The first-order chi connectivity index (χ1) is 5.34. The monoisotopic (exact) mass is 153 g/mol. The number of hydroxylamine groups is 2. The molecule has 0 radical (unpaired) electrons. The molecule has 0 spiro atoms. The zero-order chi connectivity index (χ0) is 8.10. The molecule has 0 aromatic carbocycles. The van der Waals surface area contributed by atoms with Gasteiger partial charge in [0.15, 0.2) is 0 Å². The molecule has 1 amide bonds. The molecule has 0 unspecified atom stereocenters. The number of hydrogen-bond acceptors (Lipinski definition) is 2. The predicted molar refractivity (Wildman–Crippen MR) is 40.3 cm³/mol. The third kappa shape index (κ3) is 2.24. The van der Waals surface area contributed by atoms with Crippen molar-refractivity contribution in [2.75, 3.05) is 13.2 Å². The lowest BCUT2D eigenvalue weighted by Crippen LogP contribution is -2.25. The molecule has 0 aromatic rings. The number of rotatable bonds is 2. The van der Waals surface area contributed by atoms with E-state index in [0.717, 1.165) is 6.42 Å². The van der Waals surface area contributed by atoms with Crippen molar-refractivity contribution in [2.24, 2.45) is 0 Å². The Labute approximate surface area is 66.3 Å². The normalized spacial score (nSPS) is 16.5. The summed E-state index contributed by atoms with van der Waals surface area (Å²) in [5.41, 5.74) is 0. The van der Waals surface area contributed by atoms with Gasteiger partial charge in [-0.2, -0.15) is 0 Å². The van der Waals surface area contributed by atoms with Gasteiger partial charge >= 0.3 is 0 Å². The third-order valence-corrected chi connectivity index (χ3v) is 1.51. The van der Waals surface area contributed by atoms with Gasteiger partial charge in [0, 0.05) is 12.8 Å². The van der Waals surface area contributed by atoms with Crippen molar-refractivity contribution in [1.29, 1.82) is 0 Å². The maximum absolute atomic E-state index is 11.1. The minimum atomic E-state index is 0.000417. The molecule has 1 saturated heterocycles.